The second-order valence-electron chi connectivity index (χ2n) is 12.2. The fourth-order valence-corrected chi connectivity index (χ4v) is 6.20. The van der Waals surface area contributed by atoms with Crippen LogP contribution in [0.3, 0.4) is 0 Å². The van der Waals surface area contributed by atoms with E-state index >= 15 is 0 Å². The van der Waals surface area contributed by atoms with Gasteiger partial charge in [0.25, 0.3) is 0 Å². The van der Waals surface area contributed by atoms with Crippen LogP contribution in [0.1, 0.15) is 194 Å². The first kappa shape index (κ1) is 37.1. The lowest BCUT2D eigenvalue weighted by molar-refractivity contribution is 0.236. The molecule has 38 heavy (non-hydrogen) atoms. The van der Waals surface area contributed by atoms with Gasteiger partial charge in [0.15, 0.2) is 0 Å². The molecular weight excluding hydrogens is 460 g/mol. The number of rotatable bonds is 31. The summed E-state index contributed by atoms with van der Waals surface area (Å²) in [5, 5.41) is 0. The van der Waals surface area contributed by atoms with Gasteiger partial charge in [-0.3, -0.25) is 0 Å². The Morgan fingerprint density at radius 1 is 0.368 bits per heavy atom. The van der Waals surface area contributed by atoms with E-state index in [0.29, 0.717) is 0 Å². The summed E-state index contributed by atoms with van der Waals surface area (Å²) in [6.45, 7) is 4.66. The van der Waals surface area contributed by atoms with Gasteiger partial charge in [-0.05, 0) is 49.9 Å². The summed E-state index contributed by atoms with van der Waals surface area (Å²) >= 11 is 0. The van der Waals surface area contributed by atoms with Crippen LogP contribution < -0.4 is 11.5 Å². The zero-order valence-corrected chi connectivity index (χ0v) is 26.4. The molecule has 2 unspecified atom stereocenters. The van der Waals surface area contributed by atoms with Crippen molar-refractivity contribution in [1.29, 1.82) is 0 Å². The van der Waals surface area contributed by atoms with E-state index in [1.165, 1.54) is 167 Å². The summed E-state index contributed by atoms with van der Waals surface area (Å²) < 4.78 is 0. The molecule has 2 atom stereocenters. The predicted octanol–water partition coefficient (Wildman–Crippen LogP) is 12.1. The molecule has 0 saturated heterocycles. The average molecular weight is 533 g/mol. The van der Waals surface area contributed by atoms with Crippen molar-refractivity contribution in [2.75, 3.05) is 0 Å². The van der Waals surface area contributed by atoms with E-state index in [2.05, 4.69) is 26.0 Å². The number of hydrogen-bond donors (Lipinski definition) is 2. The molecule has 0 aromatic carbocycles. The lowest BCUT2D eigenvalue weighted by atomic mass is 9.78. The summed E-state index contributed by atoms with van der Waals surface area (Å²) in [7, 11) is 0. The maximum atomic E-state index is 5.48. The molecule has 0 aliphatic rings. The third-order valence-electron chi connectivity index (χ3n) is 8.69. The van der Waals surface area contributed by atoms with Gasteiger partial charge in [0.1, 0.15) is 0 Å². The minimum atomic E-state index is 0.978. The molecule has 0 amide bonds. The topological polar surface area (TPSA) is 52.0 Å². The van der Waals surface area contributed by atoms with Gasteiger partial charge in [0.2, 0.25) is 0 Å². The van der Waals surface area contributed by atoms with Gasteiger partial charge in [-0.2, -0.15) is 0 Å². The lowest BCUT2D eigenvalue weighted by Crippen LogP contribution is -2.16. The van der Waals surface area contributed by atoms with Crippen LogP contribution >= 0.6 is 0 Å². The van der Waals surface area contributed by atoms with Gasteiger partial charge in [-0.1, -0.05) is 180 Å². The highest BCUT2D eigenvalue weighted by molar-refractivity contribution is 4.76. The number of unbranched alkanes of at least 4 members (excludes halogenated alkanes) is 20. The van der Waals surface area contributed by atoms with Crippen LogP contribution in [0.25, 0.3) is 0 Å². The van der Waals surface area contributed by atoms with E-state index in [-0.39, 0.29) is 0 Å². The highest BCUT2D eigenvalue weighted by atomic mass is 14.5. The fraction of sp³-hybridized carbons (Fsp3) is 0.889. The smallest absolute Gasteiger partial charge is 0.0103 e. The van der Waals surface area contributed by atoms with Gasteiger partial charge in [-0.15, -0.1) is 0 Å². The van der Waals surface area contributed by atoms with Crippen LogP contribution in [0.5, 0.6) is 0 Å². The SMILES string of the molecule is CCCCCCCCC(CCCCCCCC=CN)C(CCCCCCCC)CCCCCCCC=CN. The van der Waals surface area contributed by atoms with Crippen molar-refractivity contribution in [3.8, 4) is 0 Å². The van der Waals surface area contributed by atoms with E-state index < -0.39 is 0 Å². The average Bonchev–Trinajstić information content (AvgIpc) is 2.93. The Labute approximate surface area is 241 Å². The lowest BCUT2D eigenvalue weighted by Gasteiger charge is -2.28. The third-order valence-corrected chi connectivity index (χ3v) is 8.69. The molecule has 226 valence electrons. The molecule has 0 radical (unpaired) electrons. The summed E-state index contributed by atoms with van der Waals surface area (Å²) in [5.74, 6) is 1.96. The van der Waals surface area contributed by atoms with Crippen molar-refractivity contribution in [2.24, 2.45) is 23.3 Å². The predicted molar refractivity (Wildman–Crippen MR) is 174 cm³/mol. The summed E-state index contributed by atoms with van der Waals surface area (Å²) in [6.07, 6.45) is 47.1. The Balaban J connectivity index is 4.72. The summed E-state index contributed by atoms with van der Waals surface area (Å²) in [5.41, 5.74) is 11.0. The zero-order valence-electron chi connectivity index (χ0n) is 26.4. The monoisotopic (exact) mass is 533 g/mol. The normalized spacial score (nSPS) is 13.6. The molecule has 2 heteroatoms. The highest BCUT2D eigenvalue weighted by Gasteiger charge is 2.20. The summed E-state index contributed by atoms with van der Waals surface area (Å²) in [6, 6.07) is 0. The van der Waals surface area contributed by atoms with Gasteiger partial charge in [0, 0.05) is 0 Å². The highest BCUT2D eigenvalue weighted by Crippen LogP contribution is 2.33. The molecule has 0 rings (SSSR count). The number of allylic oxidation sites excluding steroid dienone is 2. The first-order chi connectivity index (χ1) is 18.8. The van der Waals surface area contributed by atoms with Crippen molar-refractivity contribution in [1.82, 2.24) is 0 Å². The second-order valence-corrected chi connectivity index (χ2v) is 12.2. The third kappa shape index (κ3) is 26.7. The van der Waals surface area contributed by atoms with Gasteiger partial charge >= 0.3 is 0 Å². The molecule has 0 aliphatic carbocycles. The van der Waals surface area contributed by atoms with Crippen molar-refractivity contribution in [3.63, 3.8) is 0 Å². The zero-order chi connectivity index (χ0) is 27.8. The molecule has 2 nitrogen and oxygen atoms in total. The van der Waals surface area contributed by atoms with Crippen LogP contribution in [-0.4, -0.2) is 0 Å². The molecule has 0 spiro atoms. The standard InChI is InChI=1S/C36H72N2/c1-3-5-7-9-17-23-29-35(31-25-19-13-11-15-21-27-33-37)36(30-24-18-10-8-6-4-2)32-26-20-14-12-16-22-28-34-38/h27-28,33-36H,3-26,29-32,37-38H2,1-2H3. The Morgan fingerprint density at radius 3 is 0.921 bits per heavy atom. The van der Waals surface area contributed by atoms with E-state index in [9.17, 15) is 0 Å². The molecule has 0 aromatic heterocycles. The Bertz CT molecular complexity index is 440. The molecule has 0 saturated carbocycles. The molecule has 4 N–H and O–H groups in total. The quantitative estimate of drug-likeness (QED) is 0.0872. The van der Waals surface area contributed by atoms with Gasteiger partial charge in [-0.25, -0.2) is 0 Å². The number of hydrogen-bond acceptors (Lipinski definition) is 2. The fourth-order valence-electron chi connectivity index (χ4n) is 6.20. The molecule has 0 aliphatic heterocycles. The van der Waals surface area contributed by atoms with Crippen molar-refractivity contribution in [2.45, 2.75) is 194 Å². The molecule has 0 fully saturated rings. The minimum absolute atomic E-state index is 0.978. The van der Waals surface area contributed by atoms with Crippen LogP contribution in [0.2, 0.25) is 0 Å². The first-order valence-corrected chi connectivity index (χ1v) is 17.5. The second kappa shape index (κ2) is 32.3. The maximum absolute atomic E-state index is 5.48. The van der Waals surface area contributed by atoms with Gasteiger partial charge in [0.05, 0.1) is 0 Å². The van der Waals surface area contributed by atoms with Crippen molar-refractivity contribution < 1.29 is 0 Å². The van der Waals surface area contributed by atoms with E-state index in [0.717, 1.165) is 24.7 Å². The van der Waals surface area contributed by atoms with Crippen molar-refractivity contribution in [3.05, 3.63) is 24.6 Å². The molecule has 0 aromatic rings. The largest absolute Gasteiger partial charge is 0.405 e. The summed E-state index contributed by atoms with van der Waals surface area (Å²) in [4.78, 5) is 0. The van der Waals surface area contributed by atoms with E-state index in [1.807, 2.05) is 0 Å². The maximum Gasteiger partial charge on any atom is -0.0103 e. The van der Waals surface area contributed by atoms with Crippen LogP contribution in [-0.2, 0) is 0 Å². The Morgan fingerprint density at radius 2 is 0.632 bits per heavy atom. The molecule has 0 heterocycles. The number of nitrogens with two attached hydrogens (primary N) is 2. The first-order valence-electron chi connectivity index (χ1n) is 17.5. The Kier molecular flexibility index (Phi) is 31.5. The molecule has 0 bridgehead atoms. The molecular formula is C36H72N2. The van der Waals surface area contributed by atoms with Crippen LogP contribution in [0, 0.1) is 11.8 Å². The Hall–Kier alpha value is -0.920. The van der Waals surface area contributed by atoms with Crippen molar-refractivity contribution >= 4 is 0 Å². The van der Waals surface area contributed by atoms with Crippen LogP contribution in [0.15, 0.2) is 24.6 Å². The van der Waals surface area contributed by atoms with E-state index in [4.69, 9.17) is 11.5 Å². The minimum Gasteiger partial charge on any atom is -0.405 e. The van der Waals surface area contributed by atoms with Gasteiger partial charge < -0.3 is 11.5 Å². The van der Waals surface area contributed by atoms with Crippen LogP contribution in [0.4, 0.5) is 0 Å². The van der Waals surface area contributed by atoms with E-state index in [1.54, 1.807) is 12.4 Å².